The lowest BCUT2D eigenvalue weighted by molar-refractivity contribution is 1.20. The van der Waals surface area contributed by atoms with Crippen LogP contribution in [-0.4, -0.2) is 4.98 Å². The maximum Gasteiger partial charge on any atom is 0.0308 e. The molecule has 0 radical (unpaired) electrons. The van der Waals surface area contributed by atoms with Gasteiger partial charge in [-0.05, 0) is 25.0 Å². The molecule has 0 fully saturated rings. The molecular formula is C7H9BrClN. The summed E-state index contributed by atoms with van der Waals surface area (Å²) < 4.78 is 1.16. The molecule has 1 aromatic heterocycles. The Balaban J connectivity index is 0.000000810. The van der Waals surface area contributed by atoms with Crippen molar-refractivity contribution in [2.45, 2.75) is 13.8 Å². The minimum atomic E-state index is 0. The monoisotopic (exact) mass is 221 g/mol. The van der Waals surface area contributed by atoms with E-state index in [2.05, 4.69) is 20.9 Å². The van der Waals surface area contributed by atoms with Crippen LogP contribution < -0.4 is 0 Å². The Kier molecular flexibility index (Phi) is 3.91. The van der Waals surface area contributed by atoms with Crippen LogP contribution in [0, 0.1) is 13.8 Å². The second-order valence-electron chi connectivity index (χ2n) is 2.09. The number of aromatic nitrogens is 1. The lowest BCUT2D eigenvalue weighted by Gasteiger charge is -1.97. The normalized spacial score (nSPS) is 8.70. The van der Waals surface area contributed by atoms with Crippen LogP contribution in [-0.2, 0) is 0 Å². The Morgan fingerprint density at radius 1 is 1.20 bits per heavy atom. The fourth-order valence-electron chi connectivity index (χ4n) is 0.685. The average molecular weight is 223 g/mol. The molecule has 0 bridgehead atoms. The molecule has 10 heavy (non-hydrogen) atoms. The Bertz CT molecular complexity index is 205. The third-order valence-corrected chi connectivity index (χ3v) is 2.48. The van der Waals surface area contributed by atoms with Gasteiger partial charge in [0.25, 0.3) is 0 Å². The number of aryl methyl sites for hydroxylation is 2. The number of pyridine rings is 1. The van der Waals surface area contributed by atoms with E-state index in [-0.39, 0.29) is 12.4 Å². The molecule has 0 unspecified atom stereocenters. The van der Waals surface area contributed by atoms with E-state index in [0.29, 0.717) is 0 Å². The lowest BCUT2D eigenvalue weighted by Crippen LogP contribution is -1.82. The molecule has 0 saturated heterocycles. The Labute approximate surface area is 75.4 Å². The summed E-state index contributed by atoms with van der Waals surface area (Å²) in [5, 5.41) is 0. The third kappa shape index (κ3) is 1.96. The highest BCUT2D eigenvalue weighted by atomic mass is 79.9. The first-order chi connectivity index (χ1) is 4.22. The van der Waals surface area contributed by atoms with E-state index in [4.69, 9.17) is 0 Å². The van der Waals surface area contributed by atoms with Gasteiger partial charge in [-0.3, -0.25) is 4.98 Å². The fourth-order valence-corrected chi connectivity index (χ4v) is 0.890. The molecule has 1 nitrogen and oxygen atoms in total. The van der Waals surface area contributed by atoms with E-state index < -0.39 is 0 Å². The van der Waals surface area contributed by atoms with E-state index in [0.717, 1.165) is 4.47 Å². The molecular weight excluding hydrogens is 213 g/mol. The van der Waals surface area contributed by atoms with Crippen molar-refractivity contribution in [2.24, 2.45) is 0 Å². The number of hydrogen-bond acceptors (Lipinski definition) is 1. The van der Waals surface area contributed by atoms with Crippen LogP contribution in [0.1, 0.15) is 11.1 Å². The van der Waals surface area contributed by atoms with E-state index >= 15 is 0 Å². The van der Waals surface area contributed by atoms with Crippen LogP contribution in [0.15, 0.2) is 16.9 Å². The van der Waals surface area contributed by atoms with Gasteiger partial charge in [0, 0.05) is 16.9 Å². The highest BCUT2D eigenvalue weighted by Gasteiger charge is 1.95. The number of nitrogens with zero attached hydrogens (tertiary/aromatic N) is 1. The summed E-state index contributed by atoms with van der Waals surface area (Å²) in [6, 6.07) is 0. The zero-order chi connectivity index (χ0) is 6.85. The van der Waals surface area contributed by atoms with Crippen LogP contribution in [0.25, 0.3) is 0 Å². The van der Waals surface area contributed by atoms with Crippen molar-refractivity contribution in [1.82, 2.24) is 4.98 Å². The number of halogens is 2. The van der Waals surface area contributed by atoms with Crippen LogP contribution in [0.5, 0.6) is 0 Å². The zero-order valence-corrected chi connectivity index (χ0v) is 8.29. The SMILES string of the molecule is Cc1cncc(C)c1Br.Cl. The standard InChI is InChI=1S/C7H8BrN.ClH/c1-5-3-9-4-6(2)7(5)8;/h3-4H,1-2H3;1H. The molecule has 0 amide bonds. The number of rotatable bonds is 0. The summed E-state index contributed by atoms with van der Waals surface area (Å²) in [6.45, 7) is 4.06. The molecule has 0 saturated carbocycles. The van der Waals surface area contributed by atoms with Gasteiger partial charge < -0.3 is 0 Å². The van der Waals surface area contributed by atoms with Crippen molar-refractivity contribution < 1.29 is 0 Å². The van der Waals surface area contributed by atoms with Crippen molar-refractivity contribution in [2.75, 3.05) is 0 Å². The second-order valence-corrected chi connectivity index (χ2v) is 2.88. The smallest absolute Gasteiger partial charge is 0.0308 e. The van der Waals surface area contributed by atoms with Gasteiger partial charge in [-0.25, -0.2) is 0 Å². The lowest BCUT2D eigenvalue weighted by atomic mass is 10.2. The van der Waals surface area contributed by atoms with Gasteiger partial charge in [0.1, 0.15) is 0 Å². The third-order valence-electron chi connectivity index (χ3n) is 1.23. The molecule has 0 atom stereocenters. The van der Waals surface area contributed by atoms with Crippen molar-refractivity contribution in [3.63, 3.8) is 0 Å². The molecule has 0 aliphatic heterocycles. The Hall–Kier alpha value is -0.0800. The molecule has 0 spiro atoms. The molecule has 1 aromatic rings. The van der Waals surface area contributed by atoms with Gasteiger partial charge in [0.15, 0.2) is 0 Å². The van der Waals surface area contributed by atoms with Crippen molar-refractivity contribution >= 4 is 28.3 Å². The fraction of sp³-hybridized carbons (Fsp3) is 0.286. The van der Waals surface area contributed by atoms with Crippen LogP contribution >= 0.6 is 28.3 Å². The minimum Gasteiger partial charge on any atom is -0.264 e. The van der Waals surface area contributed by atoms with E-state index in [1.807, 2.05) is 26.2 Å². The van der Waals surface area contributed by atoms with Crippen LogP contribution in [0.2, 0.25) is 0 Å². The Morgan fingerprint density at radius 2 is 1.60 bits per heavy atom. The second kappa shape index (κ2) is 3.94. The highest BCUT2D eigenvalue weighted by Crippen LogP contribution is 2.17. The van der Waals surface area contributed by atoms with Gasteiger partial charge in [-0.15, -0.1) is 12.4 Å². The molecule has 3 heteroatoms. The molecule has 1 rings (SSSR count). The predicted octanol–water partition coefficient (Wildman–Crippen LogP) is 2.88. The summed E-state index contributed by atoms with van der Waals surface area (Å²) in [5.74, 6) is 0. The van der Waals surface area contributed by atoms with Crippen LogP contribution in [0.3, 0.4) is 0 Å². The van der Waals surface area contributed by atoms with Gasteiger partial charge in [-0.2, -0.15) is 0 Å². The summed E-state index contributed by atoms with van der Waals surface area (Å²) in [5.41, 5.74) is 2.38. The summed E-state index contributed by atoms with van der Waals surface area (Å²) in [4.78, 5) is 4.01. The zero-order valence-electron chi connectivity index (χ0n) is 5.89. The molecule has 0 aromatic carbocycles. The minimum absolute atomic E-state index is 0. The maximum absolute atomic E-state index is 4.01. The predicted molar refractivity (Wildman–Crippen MR) is 48.7 cm³/mol. The summed E-state index contributed by atoms with van der Waals surface area (Å²) in [6.07, 6.45) is 3.69. The highest BCUT2D eigenvalue weighted by molar-refractivity contribution is 9.10. The van der Waals surface area contributed by atoms with Crippen molar-refractivity contribution in [3.8, 4) is 0 Å². The topological polar surface area (TPSA) is 12.9 Å². The van der Waals surface area contributed by atoms with Gasteiger partial charge in [-0.1, -0.05) is 15.9 Å². The molecule has 0 N–H and O–H groups in total. The first kappa shape index (κ1) is 9.92. The van der Waals surface area contributed by atoms with Crippen LogP contribution in [0.4, 0.5) is 0 Å². The van der Waals surface area contributed by atoms with Gasteiger partial charge >= 0.3 is 0 Å². The maximum atomic E-state index is 4.01. The van der Waals surface area contributed by atoms with E-state index in [1.165, 1.54) is 11.1 Å². The number of hydrogen-bond donors (Lipinski definition) is 0. The van der Waals surface area contributed by atoms with Gasteiger partial charge in [0.05, 0.1) is 0 Å². The van der Waals surface area contributed by atoms with E-state index in [9.17, 15) is 0 Å². The quantitative estimate of drug-likeness (QED) is 0.658. The molecule has 0 aliphatic carbocycles. The van der Waals surface area contributed by atoms with Crippen molar-refractivity contribution in [1.29, 1.82) is 0 Å². The first-order valence-electron chi connectivity index (χ1n) is 2.78. The molecule has 56 valence electrons. The Morgan fingerprint density at radius 3 is 1.90 bits per heavy atom. The van der Waals surface area contributed by atoms with Gasteiger partial charge in [0.2, 0.25) is 0 Å². The van der Waals surface area contributed by atoms with E-state index in [1.54, 1.807) is 0 Å². The largest absolute Gasteiger partial charge is 0.264 e. The average Bonchev–Trinajstić information content (AvgIpc) is 1.83. The summed E-state index contributed by atoms with van der Waals surface area (Å²) >= 11 is 3.44. The first-order valence-corrected chi connectivity index (χ1v) is 3.58. The molecule has 1 heterocycles. The summed E-state index contributed by atoms with van der Waals surface area (Å²) in [7, 11) is 0. The van der Waals surface area contributed by atoms with Crippen molar-refractivity contribution in [3.05, 3.63) is 28.0 Å². The molecule has 0 aliphatic rings.